The lowest BCUT2D eigenvalue weighted by molar-refractivity contribution is -0.116. The lowest BCUT2D eigenvalue weighted by Crippen LogP contribution is -2.52. The molecule has 0 aliphatic carbocycles. The Kier molecular flexibility index (Phi) is 16.0. The number of carbonyl (C=O) groups excluding carboxylic acids is 1. The first-order valence-electron chi connectivity index (χ1n) is 12.8. The molecule has 0 aromatic heterocycles. The third kappa shape index (κ3) is 9.87. The molecule has 2 saturated heterocycles. The van der Waals surface area contributed by atoms with Crippen molar-refractivity contribution in [1.82, 2.24) is 10.2 Å². The summed E-state index contributed by atoms with van der Waals surface area (Å²) in [5.41, 5.74) is 1.16. The van der Waals surface area contributed by atoms with Crippen molar-refractivity contribution in [3.8, 4) is 0 Å². The zero-order valence-electron chi connectivity index (χ0n) is 22.3. The minimum absolute atomic E-state index is 0.0905. The van der Waals surface area contributed by atoms with E-state index in [1.54, 1.807) is 0 Å². The first kappa shape index (κ1) is 32.8. The molecule has 0 amide bonds. The maximum Gasteiger partial charge on any atom is 0.266 e. The molecule has 6 nitrogen and oxygen atoms in total. The number of hydrogen-bond donors (Lipinski definition) is 1. The Bertz CT molecular complexity index is 900. The number of aliphatic imine (C=N–C) groups is 2. The van der Waals surface area contributed by atoms with E-state index in [2.05, 4.69) is 26.9 Å². The lowest BCUT2D eigenvalue weighted by Gasteiger charge is -2.39. The molecule has 37 heavy (non-hydrogen) atoms. The number of rotatable bonds is 10. The van der Waals surface area contributed by atoms with E-state index in [-0.39, 0.29) is 18.1 Å². The molecule has 1 aromatic carbocycles. The van der Waals surface area contributed by atoms with Gasteiger partial charge in [0.1, 0.15) is 12.1 Å². The summed E-state index contributed by atoms with van der Waals surface area (Å²) in [6, 6.07) is 4.73. The Labute approximate surface area is 224 Å². The number of halogens is 4. The summed E-state index contributed by atoms with van der Waals surface area (Å²) in [5.74, 6) is -0.277. The first-order chi connectivity index (χ1) is 17.9. The van der Waals surface area contributed by atoms with E-state index in [4.69, 9.17) is 16.3 Å². The quantitative estimate of drug-likeness (QED) is 0.126. The van der Waals surface area contributed by atoms with Crippen molar-refractivity contribution in [3.05, 3.63) is 46.4 Å². The molecule has 0 spiro atoms. The van der Waals surface area contributed by atoms with Gasteiger partial charge in [0.15, 0.2) is 5.84 Å². The van der Waals surface area contributed by atoms with Crippen LogP contribution in [-0.2, 0) is 16.1 Å². The van der Waals surface area contributed by atoms with Gasteiger partial charge in [-0.15, -0.1) is 11.6 Å². The van der Waals surface area contributed by atoms with Crippen LogP contribution in [0.4, 0.5) is 13.2 Å². The fraction of sp³-hybridized carbons (Fsp3) is 0.593. The highest BCUT2D eigenvalue weighted by Gasteiger charge is 2.33. The summed E-state index contributed by atoms with van der Waals surface area (Å²) >= 11 is 5.71. The van der Waals surface area contributed by atoms with E-state index in [1.807, 2.05) is 27.7 Å². The number of hydrogen-bond acceptors (Lipinski definition) is 5. The highest BCUT2D eigenvalue weighted by Crippen LogP contribution is 2.25. The molecule has 2 heterocycles. The van der Waals surface area contributed by atoms with E-state index in [1.165, 1.54) is 12.1 Å². The molecule has 1 unspecified atom stereocenters. The predicted molar refractivity (Wildman–Crippen MR) is 145 cm³/mol. The summed E-state index contributed by atoms with van der Waals surface area (Å²) in [7, 11) is 0. The third-order valence-electron chi connectivity index (χ3n) is 6.07. The lowest BCUT2D eigenvalue weighted by atomic mass is 9.99. The highest BCUT2D eigenvalue weighted by atomic mass is 35.5. The van der Waals surface area contributed by atoms with E-state index < -0.39 is 17.8 Å². The zero-order valence-corrected chi connectivity index (χ0v) is 23.0. The normalized spacial score (nSPS) is 18.6. The SMILES string of the molecule is C=NC(=NCc1cccc(C(F)F)c1F)/C(CC)=C(/CC)NCCl.CC.O=CC1CN(C2CCOC2)C1. The molecule has 1 atom stereocenters. The summed E-state index contributed by atoms with van der Waals surface area (Å²) < 4.78 is 44.8. The number of aldehydes is 1. The fourth-order valence-electron chi connectivity index (χ4n) is 4.07. The number of amidine groups is 1. The van der Waals surface area contributed by atoms with Gasteiger partial charge in [0.2, 0.25) is 0 Å². The van der Waals surface area contributed by atoms with Crippen LogP contribution in [0.2, 0.25) is 0 Å². The van der Waals surface area contributed by atoms with Crippen LogP contribution in [-0.4, -0.2) is 62.1 Å². The van der Waals surface area contributed by atoms with Gasteiger partial charge >= 0.3 is 0 Å². The van der Waals surface area contributed by atoms with Crippen molar-refractivity contribution < 1.29 is 22.7 Å². The van der Waals surface area contributed by atoms with Crippen LogP contribution in [0.1, 0.15) is 64.5 Å². The van der Waals surface area contributed by atoms with E-state index in [0.29, 0.717) is 30.6 Å². The molecule has 2 aliphatic heterocycles. The minimum atomic E-state index is -2.86. The smallest absolute Gasteiger partial charge is 0.266 e. The Morgan fingerprint density at radius 3 is 2.49 bits per heavy atom. The third-order valence-corrected chi connectivity index (χ3v) is 6.20. The van der Waals surface area contributed by atoms with Crippen LogP contribution in [0.5, 0.6) is 0 Å². The monoisotopic (exact) mass is 544 g/mol. The second-order valence-electron chi connectivity index (χ2n) is 8.26. The van der Waals surface area contributed by atoms with Crippen LogP contribution in [0, 0.1) is 11.7 Å². The van der Waals surface area contributed by atoms with Gasteiger partial charge < -0.3 is 14.8 Å². The number of likely N-dealkylation sites (tertiary alicyclic amines) is 1. The summed E-state index contributed by atoms with van der Waals surface area (Å²) in [6.45, 7) is 15.0. The van der Waals surface area contributed by atoms with Crippen molar-refractivity contribution in [2.45, 2.75) is 66.0 Å². The first-order valence-corrected chi connectivity index (χ1v) is 13.3. The van der Waals surface area contributed by atoms with Crippen LogP contribution in [0.25, 0.3) is 0 Å². The Hall–Kier alpha value is -2.23. The number of alkyl halides is 3. The van der Waals surface area contributed by atoms with Crippen molar-refractivity contribution in [3.63, 3.8) is 0 Å². The maximum atomic E-state index is 14.1. The van der Waals surface area contributed by atoms with E-state index in [9.17, 15) is 18.0 Å². The molecule has 3 rings (SSSR count). The second-order valence-corrected chi connectivity index (χ2v) is 8.53. The van der Waals surface area contributed by atoms with Crippen LogP contribution >= 0.6 is 11.6 Å². The molecule has 0 bridgehead atoms. The van der Waals surface area contributed by atoms with Crippen LogP contribution < -0.4 is 5.32 Å². The molecule has 208 valence electrons. The van der Waals surface area contributed by atoms with Crippen molar-refractivity contribution in [2.75, 3.05) is 32.3 Å². The predicted octanol–water partition coefficient (Wildman–Crippen LogP) is 6.15. The molecule has 0 radical (unpaired) electrons. The van der Waals surface area contributed by atoms with E-state index >= 15 is 0 Å². The van der Waals surface area contributed by atoms with Crippen molar-refractivity contribution in [2.24, 2.45) is 15.9 Å². The van der Waals surface area contributed by atoms with Gasteiger partial charge in [0.25, 0.3) is 6.43 Å². The minimum Gasteiger partial charge on any atom is -0.380 e. The average Bonchev–Trinajstić information content (AvgIpc) is 3.41. The number of nitrogens with one attached hydrogen (secondary N) is 1. The molecule has 2 fully saturated rings. The number of allylic oxidation sites excluding steroid dienone is 1. The molecule has 0 saturated carbocycles. The molecule has 2 aliphatic rings. The largest absolute Gasteiger partial charge is 0.380 e. The van der Waals surface area contributed by atoms with Gasteiger partial charge in [-0.3, -0.25) is 9.89 Å². The van der Waals surface area contributed by atoms with Gasteiger partial charge in [0.05, 0.1) is 24.7 Å². The molecule has 1 aromatic rings. The molecule has 1 N–H and O–H groups in total. The van der Waals surface area contributed by atoms with Gasteiger partial charge in [-0.25, -0.2) is 18.2 Å². The fourth-order valence-corrected chi connectivity index (χ4v) is 4.23. The molecule has 10 heteroatoms. The van der Waals surface area contributed by atoms with Crippen LogP contribution in [0.15, 0.2) is 39.5 Å². The Morgan fingerprint density at radius 2 is 2.00 bits per heavy atom. The summed E-state index contributed by atoms with van der Waals surface area (Å²) in [4.78, 5) is 20.8. The van der Waals surface area contributed by atoms with Crippen molar-refractivity contribution >= 4 is 30.4 Å². The van der Waals surface area contributed by atoms with E-state index in [0.717, 1.165) is 56.3 Å². The summed E-state index contributed by atoms with van der Waals surface area (Å²) in [6.07, 6.45) is 0.666. The zero-order chi connectivity index (χ0) is 27.8. The van der Waals surface area contributed by atoms with Gasteiger partial charge in [0, 0.05) is 48.5 Å². The van der Waals surface area contributed by atoms with Crippen LogP contribution in [0.3, 0.4) is 0 Å². The Balaban J connectivity index is 0.000000432. The summed E-state index contributed by atoms with van der Waals surface area (Å²) in [5, 5.41) is 3.03. The second kappa shape index (κ2) is 18.1. The molecular formula is C27H40ClF3N4O2. The number of ether oxygens (including phenoxy) is 1. The topological polar surface area (TPSA) is 66.3 Å². The van der Waals surface area contributed by atoms with Gasteiger partial charge in [-0.1, -0.05) is 45.9 Å². The Morgan fingerprint density at radius 1 is 1.30 bits per heavy atom. The van der Waals surface area contributed by atoms with Gasteiger partial charge in [-0.05, 0) is 26.0 Å². The number of carbonyl (C=O) groups is 1. The number of benzene rings is 1. The number of nitrogens with zero attached hydrogens (tertiary/aromatic N) is 3. The highest BCUT2D eigenvalue weighted by molar-refractivity contribution is 6.17. The van der Waals surface area contributed by atoms with Gasteiger partial charge in [-0.2, -0.15) is 0 Å². The standard InChI is InChI=1S/C17H21ClF3N3.C8H13NO2.C2H6/c1-4-12(14(5-2)24-10-18)17(22-3)23-9-11-7-6-8-13(15(11)19)16(20)21;10-5-7-3-9(4-7)8-1-2-11-6-8;1-2/h6-8,16,24H,3-5,9-10H2,1-2H3;5,7-8H,1-4,6H2;1-2H3/b14-12-,23-17?;;. The average molecular weight is 545 g/mol. The molecular weight excluding hydrogens is 505 g/mol. The maximum absolute atomic E-state index is 14.1. The van der Waals surface area contributed by atoms with Crippen molar-refractivity contribution in [1.29, 1.82) is 0 Å².